The molecule has 0 heterocycles. The summed E-state index contributed by atoms with van der Waals surface area (Å²) in [6.45, 7) is 2.44. The van der Waals surface area contributed by atoms with Crippen LogP contribution >= 0.6 is 0 Å². The zero-order valence-electron chi connectivity index (χ0n) is 13.3. The molecule has 4 N–H and O–H groups in total. The fourth-order valence-electron chi connectivity index (χ4n) is 2.51. The van der Waals surface area contributed by atoms with Crippen LogP contribution in [0.15, 0.2) is 5.10 Å². The van der Waals surface area contributed by atoms with Gasteiger partial charge in [0.1, 0.15) is 0 Å². The molecule has 1 saturated carbocycles. The van der Waals surface area contributed by atoms with Crippen LogP contribution in [0.25, 0.3) is 0 Å². The molecule has 1 atom stereocenters. The molecule has 1 radical (unpaired) electrons. The van der Waals surface area contributed by atoms with Crippen molar-refractivity contribution in [3.63, 3.8) is 0 Å². The van der Waals surface area contributed by atoms with Gasteiger partial charge >= 0.3 is 12.0 Å². The standard InChI is InChI=1S/C14H24BN4O4/c1-2-12(18-15-9-20)8-17-19-14(23)16-7-10-3-5-11(6-4-10)13(21)22/h8-12,18H,2-7H2,1H3,(H,21,22)(H2,16,19,23)/b17-8+. The van der Waals surface area contributed by atoms with Crippen LogP contribution < -0.4 is 16.0 Å². The predicted octanol–water partition coefficient (Wildman–Crippen LogP) is 0.340. The molecule has 23 heavy (non-hydrogen) atoms. The molecular formula is C14H24BN4O4. The molecule has 0 aliphatic heterocycles. The first-order valence-electron chi connectivity index (χ1n) is 7.89. The molecule has 127 valence electrons. The van der Waals surface area contributed by atoms with E-state index in [0.29, 0.717) is 31.5 Å². The number of nitrogens with zero attached hydrogens (tertiary/aromatic N) is 1. The average Bonchev–Trinajstić information content (AvgIpc) is 2.56. The number of carboxylic acid groups (broad SMARTS) is 1. The number of carbonyl (C=O) groups is 3. The average molecular weight is 323 g/mol. The molecule has 0 aromatic rings. The molecule has 9 heteroatoms. The van der Waals surface area contributed by atoms with E-state index < -0.39 is 12.0 Å². The highest BCUT2D eigenvalue weighted by atomic mass is 16.4. The highest BCUT2D eigenvalue weighted by Crippen LogP contribution is 2.28. The van der Waals surface area contributed by atoms with Crippen LogP contribution in [0.5, 0.6) is 0 Å². The molecule has 1 fully saturated rings. The number of amides is 2. The molecule has 1 aliphatic carbocycles. The maximum atomic E-state index is 11.6. The molecule has 8 nitrogen and oxygen atoms in total. The lowest BCUT2D eigenvalue weighted by Gasteiger charge is -2.25. The Bertz CT molecular complexity index is 425. The molecule has 0 spiro atoms. The quantitative estimate of drug-likeness (QED) is 0.211. The van der Waals surface area contributed by atoms with Crippen LogP contribution in [-0.2, 0) is 9.59 Å². The highest BCUT2D eigenvalue weighted by Gasteiger charge is 2.25. The summed E-state index contributed by atoms with van der Waals surface area (Å²) in [5.41, 5.74) is 2.37. The number of aliphatic carboxylic acids is 1. The van der Waals surface area contributed by atoms with E-state index in [-0.39, 0.29) is 12.0 Å². The SMILES string of the molecule is CCC(/C=N/NC(=O)NCC1CCC(C(=O)O)CC1)N[B]C=O. The Balaban J connectivity index is 2.19. The highest BCUT2D eigenvalue weighted by molar-refractivity contribution is 6.64. The number of carbonyl (C=O) groups excluding carboxylic acids is 2. The summed E-state index contributed by atoms with van der Waals surface area (Å²) in [5.74, 6) is -0.659. The molecule has 0 bridgehead atoms. The lowest BCUT2D eigenvalue weighted by Crippen LogP contribution is -2.38. The second-order valence-corrected chi connectivity index (χ2v) is 5.64. The predicted molar refractivity (Wildman–Crippen MR) is 87.8 cm³/mol. The molecule has 1 unspecified atom stereocenters. The van der Waals surface area contributed by atoms with Crippen molar-refractivity contribution < 1.29 is 19.5 Å². The van der Waals surface area contributed by atoms with Gasteiger partial charge in [0.25, 0.3) is 7.41 Å². The second kappa shape index (κ2) is 10.8. The second-order valence-electron chi connectivity index (χ2n) is 5.64. The van der Waals surface area contributed by atoms with Gasteiger partial charge in [-0.05, 0) is 38.0 Å². The maximum Gasteiger partial charge on any atom is 0.335 e. The van der Waals surface area contributed by atoms with Crippen LogP contribution in [0.1, 0.15) is 39.0 Å². The first kappa shape index (κ1) is 19.2. The van der Waals surface area contributed by atoms with Gasteiger partial charge in [0.2, 0.25) is 0 Å². The van der Waals surface area contributed by atoms with Gasteiger partial charge in [0.05, 0.1) is 12.1 Å². The van der Waals surface area contributed by atoms with Crippen LogP contribution in [0.3, 0.4) is 0 Å². The molecule has 0 aromatic heterocycles. The Kier molecular flexibility index (Phi) is 8.97. The van der Waals surface area contributed by atoms with Gasteiger partial charge < -0.3 is 20.4 Å². The summed E-state index contributed by atoms with van der Waals surface area (Å²) in [5, 5.41) is 18.3. The Morgan fingerprint density at radius 3 is 2.61 bits per heavy atom. The van der Waals surface area contributed by atoms with Gasteiger partial charge in [0, 0.05) is 18.8 Å². The molecule has 1 rings (SSSR count). The van der Waals surface area contributed by atoms with E-state index in [2.05, 4.69) is 21.1 Å². The van der Waals surface area contributed by atoms with Crippen molar-refractivity contribution in [2.45, 2.75) is 45.1 Å². The Hall–Kier alpha value is -1.90. The van der Waals surface area contributed by atoms with E-state index in [4.69, 9.17) is 5.11 Å². The van der Waals surface area contributed by atoms with Crippen LogP contribution in [0, 0.1) is 11.8 Å². The number of urea groups is 1. The van der Waals surface area contributed by atoms with E-state index in [1.165, 1.54) is 13.6 Å². The van der Waals surface area contributed by atoms with Crippen molar-refractivity contribution in [3.05, 3.63) is 0 Å². The van der Waals surface area contributed by atoms with E-state index in [0.717, 1.165) is 19.3 Å². The summed E-state index contributed by atoms with van der Waals surface area (Å²) >= 11 is 0. The zero-order valence-corrected chi connectivity index (χ0v) is 13.3. The Morgan fingerprint density at radius 1 is 1.35 bits per heavy atom. The zero-order chi connectivity index (χ0) is 17.1. The van der Waals surface area contributed by atoms with E-state index in [1.807, 2.05) is 6.92 Å². The van der Waals surface area contributed by atoms with E-state index in [1.54, 1.807) is 0 Å². The largest absolute Gasteiger partial charge is 0.481 e. The van der Waals surface area contributed by atoms with Crippen molar-refractivity contribution in [1.82, 2.24) is 16.0 Å². The minimum Gasteiger partial charge on any atom is -0.481 e. The van der Waals surface area contributed by atoms with Crippen molar-refractivity contribution in [1.29, 1.82) is 0 Å². The first-order valence-corrected chi connectivity index (χ1v) is 7.89. The summed E-state index contributed by atoms with van der Waals surface area (Å²) in [6, 6.07) is -0.511. The van der Waals surface area contributed by atoms with Gasteiger partial charge in [0.15, 0.2) is 0 Å². The lowest BCUT2D eigenvalue weighted by atomic mass is 9.82. The van der Waals surface area contributed by atoms with Crippen molar-refractivity contribution in [3.8, 4) is 0 Å². The minimum atomic E-state index is -0.727. The Morgan fingerprint density at radius 2 is 2.04 bits per heavy atom. The topological polar surface area (TPSA) is 120 Å². The third-order valence-corrected chi connectivity index (χ3v) is 3.99. The summed E-state index contributed by atoms with van der Waals surface area (Å²) in [6.07, 6.45) is 5.85. The van der Waals surface area contributed by atoms with Crippen molar-refractivity contribution >= 4 is 31.8 Å². The molecule has 0 saturated heterocycles. The number of rotatable bonds is 9. The third-order valence-electron chi connectivity index (χ3n) is 3.99. The number of nitrogens with one attached hydrogen (secondary N) is 3. The lowest BCUT2D eigenvalue weighted by molar-refractivity contribution is -0.143. The summed E-state index contributed by atoms with van der Waals surface area (Å²) < 4.78 is 0. The monoisotopic (exact) mass is 323 g/mol. The van der Waals surface area contributed by atoms with Gasteiger partial charge in [-0.3, -0.25) is 4.79 Å². The van der Waals surface area contributed by atoms with Crippen molar-refractivity contribution in [2.75, 3.05) is 6.54 Å². The Labute approximate surface area is 136 Å². The number of carboxylic acids is 1. The van der Waals surface area contributed by atoms with Gasteiger partial charge in [-0.2, -0.15) is 5.10 Å². The van der Waals surface area contributed by atoms with Gasteiger partial charge in [-0.25, -0.2) is 10.2 Å². The summed E-state index contributed by atoms with van der Waals surface area (Å²) in [7, 11) is 1.29. The number of hydrazone groups is 1. The fourth-order valence-corrected chi connectivity index (χ4v) is 2.51. The van der Waals surface area contributed by atoms with Crippen molar-refractivity contribution in [2.24, 2.45) is 16.9 Å². The minimum absolute atomic E-state index is 0.119. The fraction of sp³-hybridized carbons (Fsp3) is 0.714. The number of hydrogen-bond donors (Lipinski definition) is 4. The summed E-state index contributed by atoms with van der Waals surface area (Å²) in [4.78, 5) is 32.7. The smallest absolute Gasteiger partial charge is 0.335 e. The molecular weight excluding hydrogens is 299 g/mol. The van der Waals surface area contributed by atoms with E-state index >= 15 is 0 Å². The van der Waals surface area contributed by atoms with Gasteiger partial charge in [-0.1, -0.05) is 6.92 Å². The third kappa shape index (κ3) is 7.78. The first-order chi connectivity index (χ1) is 11.1. The number of hydrogen-bond acceptors (Lipinski definition) is 5. The maximum absolute atomic E-state index is 11.6. The normalized spacial score (nSPS) is 22.3. The van der Waals surface area contributed by atoms with Crippen LogP contribution in [0.4, 0.5) is 4.79 Å². The van der Waals surface area contributed by atoms with E-state index in [9.17, 15) is 14.4 Å². The molecule has 1 aliphatic rings. The molecule has 2 amide bonds. The van der Waals surface area contributed by atoms with Gasteiger partial charge in [-0.15, -0.1) is 0 Å². The molecule has 0 aromatic carbocycles. The van der Waals surface area contributed by atoms with Crippen LogP contribution in [-0.4, -0.2) is 49.5 Å². The van der Waals surface area contributed by atoms with Crippen LogP contribution in [0.2, 0.25) is 0 Å².